The molecule has 2 aromatic heterocycles. The molecule has 1 aliphatic rings. The molecule has 0 spiro atoms. The summed E-state index contributed by atoms with van der Waals surface area (Å²) in [7, 11) is 0. The van der Waals surface area contributed by atoms with Crippen LogP contribution in [0.15, 0.2) is 48.7 Å². The fourth-order valence-corrected chi connectivity index (χ4v) is 4.70. The highest BCUT2D eigenvalue weighted by Gasteiger charge is 2.23. The van der Waals surface area contributed by atoms with Gasteiger partial charge in [-0.05, 0) is 49.6 Å². The molecule has 5 rings (SSSR count). The molecule has 0 bridgehead atoms. The summed E-state index contributed by atoms with van der Waals surface area (Å²) >= 11 is 12.3. The normalized spacial score (nSPS) is 14.6. The minimum atomic E-state index is 0. The maximum Gasteiger partial charge on any atom is 0.368 e. The van der Waals surface area contributed by atoms with Gasteiger partial charge in [-0.3, -0.25) is 0 Å². The molecular formula is C22H24Cl4N4. The van der Waals surface area contributed by atoms with Crippen LogP contribution in [0.4, 0.5) is 0 Å². The standard InChI is InChI=1S/C22H22Cl2N4.2ClH/c23-17-9-8-16(14-18(17)24)19-15-28-21-7-3-2-6-20(21)27(22(28)25-19)13-12-26-10-4-1-5-11-26;;/h2-3,6-9,14-15H,1,4-5,10-13H2;2*1H. The van der Waals surface area contributed by atoms with E-state index in [0.29, 0.717) is 10.0 Å². The molecule has 0 saturated carbocycles. The van der Waals surface area contributed by atoms with Crippen molar-refractivity contribution < 1.29 is 34.3 Å². The SMILES string of the molecule is Clc1ccc(-c2cn3c4ccccc4[n+](CC[NH+]4CCCCC4)c3[nH]2)cc1Cl.[Cl-].[Cl-]. The largest absolute Gasteiger partial charge is 1.00 e. The van der Waals surface area contributed by atoms with Crippen LogP contribution in [-0.4, -0.2) is 29.0 Å². The van der Waals surface area contributed by atoms with Crippen LogP contribution < -0.4 is 34.3 Å². The Hall–Kier alpha value is -1.43. The number of piperidine rings is 1. The summed E-state index contributed by atoms with van der Waals surface area (Å²) in [4.78, 5) is 5.34. The lowest BCUT2D eigenvalue weighted by Gasteiger charge is -2.22. The van der Waals surface area contributed by atoms with E-state index in [1.54, 1.807) is 4.90 Å². The molecule has 3 heterocycles. The predicted octanol–water partition coefficient (Wildman–Crippen LogP) is -2.24. The van der Waals surface area contributed by atoms with Crippen LogP contribution in [0, 0.1) is 0 Å². The number of nitrogens with zero attached hydrogens (tertiary/aromatic N) is 2. The third-order valence-corrected chi connectivity index (χ3v) is 6.64. The zero-order valence-electron chi connectivity index (χ0n) is 16.5. The van der Waals surface area contributed by atoms with Gasteiger partial charge < -0.3 is 29.7 Å². The number of likely N-dealkylation sites (tertiary alicyclic amines) is 1. The molecule has 0 amide bonds. The van der Waals surface area contributed by atoms with E-state index < -0.39 is 0 Å². The Bertz CT molecular complexity index is 1140. The van der Waals surface area contributed by atoms with Crippen LogP contribution in [0.1, 0.15) is 19.3 Å². The average Bonchev–Trinajstić information content (AvgIpc) is 3.27. The number of hydrogen-bond donors (Lipinski definition) is 2. The molecule has 1 aliphatic heterocycles. The Morgan fingerprint density at radius 1 is 0.967 bits per heavy atom. The number of fused-ring (bicyclic) bond motifs is 3. The van der Waals surface area contributed by atoms with Crippen LogP contribution in [0.3, 0.4) is 0 Å². The second-order valence-corrected chi connectivity index (χ2v) is 8.51. The zero-order valence-corrected chi connectivity index (χ0v) is 19.5. The Kier molecular flexibility index (Phi) is 7.59. The van der Waals surface area contributed by atoms with Crippen LogP contribution in [-0.2, 0) is 6.54 Å². The van der Waals surface area contributed by atoms with Crippen molar-refractivity contribution in [1.82, 2.24) is 9.38 Å². The first kappa shape index (κ1) is 23.2. The second-order valence-electron chi connectivity index (χ2n) is 7.69. The van der Waals surface area contributed by atoms with Gasteiger partial charge in [-0.15, -0.1) is 0 Å². The van der Waals surface area contributed by atoms with Crippen LogP contribution in [0.25, 0.3) is 28.1 Å². The summed E-state index contributed by atoms with van der Waals surface area (Å²) in [5, 5.41) is 1.15. The van der Waals surface area contributed by atoms with Gasteiger partial charge in [0.1, 0.15) is 36.0 Å². The van der Waals surface area contributed by atoms with Gasteiger partial charge in [-0.1, -0.05) is 35.3 Å². The highest BCUT2D eigenvalue weighted by atomic mass is 35.5. The van der Waals surface area contributed by atoms with Crippen molar-refractivity contribution in [1.29, 1.82) is 0 Å². The summed E-state index contributed by atoms with van der Waals surface area (Å²) < 4.78 is 4.66. The van der Waals surface area contributed by atoms with Crippen molar-refractivity contribution in [2.45, 2.75) is 25.8 Å². The van der Waals surface area contributed by atoms with Crippen molar-refractivity contribution in [2.75, 3.05) is 19.6 Å². The second kappa shape index (κ2) is 9.80. The fourth-order valence-electron chi connectivity index (χ4n) is 4.40. The number of imidazole rings is 2. The van der Waals surface area contributed by atoms with Gasteiger partial charge in [0.05, 0.1) is 23.1 Å². The quantitative estimate of drug-likeness (QED) is 0.306. The molecule has 1 saturated heterocycles. The fraction of sp³-hybridized carbons (Fsp3) is 0.318. The van der Waals surface area contributed by atoms with Crippen LogP contribution in [0.2, 0.25) is 10.0 Å². The lowest BCUT2D eigenvalue weighted by atomic mass is 10.1. The molecular weight excluding hydrogens is 462 g/mol. The molecule has 0 unspecified atom stereocenters. The number of rotatable bonds is 4. The molecule has 8 heteroatoms. The Labute approximate surface area is 198 Å². The van der Waals surface area contributed by atoms with Crippen molar-refractivity contribution >= 4 is 40.0 Å². The third kappa shape index (κ3) is 4.30. The summed E-state index contributed by atoms with van der Waals surface area (Å²) in [6.45, 7) is 4.77. The average molecular weight is 486 g/mol. The number of nitrogens with one attached hydrogen (secondary N) is 2. The summed E-state index contributed by atoms with van der Waals surface area (Å²) in [5.41, 5.74) is 4.56. The van der Waals surface area contributed by atoms with Crippen molar-refractivity contribution in [3.05, 3.63) is 58.7 Å². The minimum Gasteiger partial charge on any atom is -1.00 e. The molecule has 4 nitrogen and oxygen atoms in total. The van der Waals surface area contributed by atoms with Crippen molar-refractivity contribution in [3.63, 3.8) is 0 Å². The van der Waals surface area contributed by atoms with E-state index in [4.69, 9.17) is 23.2 Å². The van der Waals surface area contributed by atoms with E-state index in [1.165, 1.54) is 43.4 Å². The van der Waals surface area contributed by atoms with Gasteiger partial charge in [0.2, 0.25) is 0 Å². The molecule has 2 aromatic carbocycles. The predicted molar refractivity (Wildman–Crippen MR) is 114 cm³/mol. The number of H-pyrrole nitrogens is 1. The Morgan fingerprint density at radius 3 is 2.50 bits per heavy atom. The van der Waals surface area contributed by atoms with Crippen LogP contribution >= 0.6 is 23.2 Å². The van der Waals surface area contributed by atoms with Gasteiger partial charge in [0.25, 0.3) is 0 Å². The summed E-state index contributed by atoms with van der Waals surface area (Å²) in [6, 6.07) is 14.4. The molecule has 160 valence electrons. The van der Waals surface area contributed by atoms with Crippen LogP contribution in [0.5, 0.6) is 0 Å². The number of quaternary nitrogens is 1. The van der Waals surface area contributed by atoms with Gasteiger partial charge in [-0.25, -0.2) is 9.55 Å². The van der Waals surface area contributed by atoms with Crippen molar-refractivity contribution in [3.8, 4) is 11.3 Å². The molecule has 30 heavy (non-hydrogen) atoms. The minimum absolute atomic E-state index is 0. The summed E-state index contributed by atoms with van der Waals surface area (Å²) in [5.74, 6) is 1.11. The molecule has 0 aliphatic carbocycles. The maximum absolute atomic E-state index is 6.24. The lowest BCUT2D eigenvalue weighted by Crippen LogP contribution is -3.13. The molecule has 1 fully saturated rings. The van der Waals surface area contributed by atoms with Gasteiger partial charge in [0.15, 0.2) is 0 Å². The van der Waals surface area contributed by atoms with Gasteiger partial charge in [-0.2, -0.15) is 4.40 Å². The number of aromatic amines is 1. The monoisotopic (exact) mass is 484 g/mol. The molecule has 2 N–H and O–H groups in total. The Morgan fingerprint density at radius 2 is 1.73 bits per heavy atom. The van der Waals surface area contributed by atoms with Crippen molar-refractivity contribution in [2.24, 2.45) is 0 Å². The molecule has 4 aromatic rings. The van der Waals surface area contributed by atoms with E-state index in [-0.39, 0.29) is 24.8 Å². The van der Waals surface area contributed by atoms with Gasteiger partial charge in [0, 0.05) is 5.56 Å². The number of benzene rings is 2. The first-order valence-electron chi connectivity index (χ1n) is 10.0. The van der Waals surface area contributed by atoms with E-state index in [2.05, 4.69) is 44.4 Å². The topological polar surface area (TPSA) is 28.5 Å². The number of para-hydroxylation sites is 2. The lowest BCUT2D eigenvalue weighted by molar-refractivity contribution is -0.920. The van der Waals surface area contributed by atoms with Gasteiger partial charge >= 0.3 is 5.78 Å². The number of hydrogen-bond acceptors (Lipinski definition) is 0. The summed E-state index contributed by atoms with van der Waals surface area (Å²) in [6.07, 6.45) is 6.26. The van der Waals surface area contributed by atoms with E-state index in [9.17, 15) is 0 Å². The number of halogens is 4. The smallest absolute Gasteiger partial charge is 0.368 e. The number of aromatic nitrogens is 3. The first-order chi connectivity index (χ1) is 13.7. The highest BCUT2D eigenvalue weighted by Crippen LogP contribution is 2.28. The van der Waals surface area contributed by atoms with E-state index in [0.717, 1.165) is 30.1 Å². The highest BCUT2D eigenvalue weighted by molar-refractivity contribution is 6.42. The zero-order chi connectivity index (χ0) is 19.1. The first-order valence-corrected chi connectivity index (χ1v) is 10.8. The maximum atomic E-state index is 6.24. The molecule has 0 radical (unpaired) electrons. The third-order valence-electron chi connectivity index (χ3n) is 5.90. The molecule has 0 atom stereocenters. The Balaban J connectivity index is 0.00000128. The van der Waals surface area contributed by atoms with E-state index >= 15 is 0 Å². The van der Waals surface area contributed by atoms with E-state index in [1.807, 2.05) is 18.2 Å².